The summed E-state index contributed by atoms with van der Waals surface area (Å²) in [5.41, 5.74) is 4.67. The van der Waals surface area contributed by atoms with Gasteiger partial charge in [-0.25, -0.2) is 0 Å². The second-order valence-corrected chi connectivity index (χ2v) is 4.43. The van der Waals surface area contributed by atoms with Crippen molar-refractivity contribution >= 4 is 11.9 Å². The highest BCUT2D eigenvalue weighted by molar-refractivity contribution is 5.82. The first-order valence-electron chi connectivity index (χ1n) is 5.86. The second-order valence-electron chi connectivity index (χ2n) is 4.43. The number of nitrogens with two attached hydrogens (primary N) is 1. The van der Waals surface area contributed by atoms with Gasteiger partial charge >= 0.3 is 5.97 Å². The standard InChI is InChI=1S/C11H20N2O4/c1-2-8(12)9(14)13-7-11(10(15)16)3-5-17-6-4-11/h8H,2-7,12H2,1H3,(H,13,14)(H,15,16)/t8-/m1/s1. The summed E-state index contributed by atoms with van der Waals surface area (Å²) in [7, 11) is 0. The van der Waals surface area contributed by atoms with E-state index in [4.69, 9.17) is 10.5 Å². The van der Waals surface area contributed by atoms with Crippen LogP contribution in [0.25, 0.3) is 0 Å². The summed E-state index contributed by atoms with van der Waals surface area (Å²) >= 11 is 0. The molecule has 1 saturated heterocycles. The highest BCUT2D eigenvalue weighted by Gasteiger charge is 2.40. The second kappa shape index (κ2) is 5.97. The fourth-order valence-electron chi connectivity index (χ4n) is 1.80. The van der Waals surface area contributed by atoms with Crippen LogP contribution in [0.4, 0.5) is 0 Å². The lowest BCUT2D eigenvalue weighted by molar-refractivity contribution is -0.154. The zero-order valence-electron chi connectivity index (χ0n) is 10.1. The molecular weight excluding hydrogens is 224 g/mol. The highest BCUT2D eigenvalue weighted by atomic mass is 16.5. The van der Waals surface area contributed by atoms with Crippen molar-refractivity contribution in [2.24, 2.45) is 11.1 Å². The number of amides is 1. The maximum Gasteiger partial charge on any atom is 0.311 e. The van der Waals surface area contributed by atoms with Crippen molar-refractivity contribution in [2.75, 3.05) is 19.8 Å². The maximum absolute atomic E-state index is 11.5. The van der Waals surface area contributed by atoms with Gasteiger partial charge in [0.05, 0.1) is 11.5 Å². The predicted molar refractivity (Wildman–Crippen MR) is 61.4 cm³/mol. The molecule has 0 unspecified atom stereocenters. The van der Waals surface area contributed by atoms with Gasteiger partial charge in [-0.1, -0.05) is 6.92 Å². The summed E-state index contributed by atoms with van der Waals surface area (Å²) in [6.45, 7) is 2.77. The topological polar surface area (TPSA) is 102 Å². The number of carboxylic acids is 1. The number of aliphatic carboxylic acids is 1. The molecule has 4 N–H and O–H groups in total. The minimum Gasteiger partial charge on any atom is -0.481 e. The monoisotopic (exact) mass is 244 g/mol. The van der Waals surface area contributed by atoms with Crippen LogP contribution in [0.2, 0.25) is 0 Å². The van der Waals surface area contributed by atoms with Gasteiger partial charge in [0.25, 0.3) is 0 Å². The smallest absolute Gasteiger partial charge is 0.311 e. The van der Waals surface area contributed by atoms with E-state index in [1.165, 1.54) is 0 Å². The lowest BCUT2D eigenvalue weighted by atomic mass is 9.80. The number of rotatable bonds is 5. The molecule has 0 aliphatic carbocycles. The molecule has 98 valence electrons. The van der Waals surface area contributed by atoms with Gasteiger partial charge in [-0.2, -0.15) is 0 Å². The minimum atomic E-state index is -0.901. The van der Waals surface area contributed by atoms with Crippen LogP contribution in [-0.4, -0.2) is 42.8 Å². The predicted octanol–water partition coefficient (Wildman–Crippen LogP) is -0.279. The van der Waals surface area contributed by atoms with E-state index in [0.717, 1.165) is 0 Å². The van der Waals surface area contributed by atoms with Gasteiger partial charge in [-0.05, 0) is 19.3 Å². The number of carbonyl (C=O) groups is 2. The average Bonchev–Trinajstić information content (AvgIpc) is 2.35. The third-order valence-corrected chi connectivity index (χ3v) is 3.28. The van der Waals surface area contributed by atoms with Gasteiger partial charge in [0.1, 0.15) is 0 Å². The number of carboxylic acid groups (broad SMARTS) is 1. The van der Waals surface area contributed by atoms with E-state index in [1.807, 2.05) is 6.92 Å². The normalized spacial score (nSPS) is 20.6. The van der Waals surface area contributed by atoms with Crippen LogP contribution in [0.15, 0.2) is 0 Å². The van der Waals surface area contributed by atoms with Gasteiger partial charge in [0.15, 0.2) is 0 Å². The van der Waals surface area contributed by atoms with E-state index >= 15 is 0 Å². The maximum atomic E-state index is 11.5. The Labute approximate surface area is 101 Å². The number of hydrogen-bond donors (Lipinski definition) is 3. The lowest BCUT2D eigenvalue weighted by Crippen LogP contribution is -2.49. The Morgan fingerprint density at radius 1 is 1.47 bits per heavy atom. The Morgan fingerprint density at radius 3 is 2.53 bits per heavy atom. The summed E-state index contributed by atoms with van der Waals surface area (Å²) in [4.78, 5) is 22.8. The molecule has 0 spiro atoms. The summed E-state index contributed by atoms with van der Waals surface area (Å²) < 4.78 is 5.15. The Morgan fingerprint density at radius 2 is 2.06 bits per heavy atom. The quantitative estimate of drug-likeness (QED) is 0.617. The third-order valence-electron chi connectivity index (χ3n) is 3.28. The number of hydrogen-bond acceptors (Lipinski definition) is 4. The average molecular weight is 244 g/mol. The Kier molecular flexibility index (Phi) is 4.89. The van der Waals surface area contributed by atoms with Gasteiger partial charge in [-0.3, -0.25) is 9.59 Å². The summed E-state index contributed by atoms with van der Waals surface area (Å²) in [6, 6.07) is -0.569. The summed E-state index contributed by atoms with van der Waals surface area (Å²) in [6.07, 6.45) is 1.38. The lowest BCUT2D eigenvalue weighted by Gasteiger charge is -2.33. The van der Waals surface area contributed by atoms with Crippen molar-refractivity contribution in [1.82, 2.24) is 5.32 Å². The van der Waals surface area contributed by atoms with Gasteiger partial charge in [0.2, 0.25) is 5.91 Å². The van der Waals surface area contributed by atoms with Crippen LogP contribution in [0.5, 0.6) is 0 Å². The van der Waals surface area contributed by atoms with Crippen LogP contribution >= 0.6 is 0 Å². The minimum absolute atomic E-state index is 0.123. The fourth-order valence-corrected chi connectivity index (χ4v) is 1.80. The van der Waals surface area contributed by atoms with Crippen molar-refractivity contribution in [1.29, 1.82) is 0 Å². The van der Waals surface area contributed by atoms with Crippen LogP contribution in [-0.2, 0) is 14.3 Å². The molecule has 0 radical (unpaired) electrons. The molecule has 0 aromatic heterocycles. The molecule has 1 aliphatic heterocycles. The molecule has 1 amide bonds. The Hall–Kier alpha value is -1.14. The molecule has 1 atom stereocenters. The molecular formula is C11H20N2O4. The molecule has 17 heavy (non-hydrogen) atoms. The van der Waals surface area contributed by atoms with Crippen molar-refractivity contribution < 1.29 is 19.4 Å². The zero-order valence-corrected chi connectivity index (χ0v) is 10.1. The van der Waals surface area contributed by atoms with Crippen molar-refractivity contribution in [2.45, 2.75) is 32.2 Å². The van der Waals surface area contributed by atoms with E-state index in [0.29, 0.717) is 32.5 Å². The summed E-state index contributed by atoms with van der Waals surface area (Å²) in [5.74, 6) is -1.18. The van der Waals surface area contributed by atoms with Gasteiger partial charge < -0.3 is 20.9 Å². The van der Waals surface area contributed by atoms with Crippen LogP contribution < -0.4 is 11.1 Å². The molecule has 1 heterocycles. The number of ether oxygens (including phenoxy) is 1. The van der Waals surface area contributed by atoms with E-state index in [-0.39, 0.29) is 12.5 Å². The molecule has 1 aliphatic rings. The first kappa shape index (κ1) is 13.9. The van der Waals surface area contributed by atoms with Gasteiger partial charge in [-0.15, -0.1) is 0 Å². The SMILES string of the molecule is CC[C@@H](N)C(=O)NCC1(C(=O)O)CCOCC1. The van der Waals surface area contributed by atoms with E-state index in [2.05, 4.69) is 5.32 Å². The Balaban J connectivity index is 2.56. The zero-order chi connectivity index (χ0) is 12.9. The molecule has 1 fully saturated rings. The number of nitrogens with one attached hydrogen (secondary N) is 1. The van der Waals surface area contributed by atoms with Crippen molar-refractivity contribution in [3.8, 4) is 0 Å². The molecule has 0 saturated carbocycles. The Bertz CT molecular complexity index is 287. The van der Waals surface area contributed by atoms with Crippen molar-refractivity contribution in [3.63, 3.8) is 0 Å². The van der Waals surface area contributed by atoms with Crippen LogP contribution in [0, 0.1) is 5.41 Å². The third kappa shape index (κ3) is 3.41. The largest absolute Gasteiger partial charge is 0.481 e. The molecule has 0 aromatic carbocycles. The first-order chi connectivity index (χ1) is 8.02. The van der Waals surface area contributed by atoms with E-state index in [9.17, 15) is 14.7 Å². The number of carbonyl (C=O) groups excluding carboxylic acids is 1. The van der Waals surface area contributed by atoms with Crippen LogP contribution in [0.1, 0.15) is 26.2 Å². The molecule has 0 bridgehead atoms. The molecule has 1 rings (SSSR count). The first-order valence-corrected chi connectivity index (χ1v) is 5.86. The molecule has 6 heteroatoms. The molecule has 0 aromatic rings. The molecule has 6 nitrogen and oxygen atoms in total. The van der Waals surface area contributed by atoms with E-state index in [1.54, 1.807) is 0 Å². The van der Waals surface area contributed by atoms with Crippen LogP contribution in [0.3, 0.4) is 0 Å². The highest BCUT2D eigenvalue weighted by Crippen LogP contribution is 2.30. The fraction of sp³-hybridized carbons (Fsp3) is 0.818. The summed E-state index contributed by atoms with van der Waals surface area (Å²) in [5, 5.41) is 11.9. The van der Waals surface area contributed by atoms with E-state index < -0.39 is 17.4 Å². The van der Waals surface area contributed by atoms with Gasteiger partial charge in [0, 0.05) is 19.8 Å². The van der Waals surface area contributed by atoms with Crippen molar-refractivity contribution in [3.05, 3.63) is 0 Å².